The lowest BCUT2D eigenvalue weighted by molar-refractivity contribution is 0.199. The van der Waals surface area contributed by atoms with Gasteiger partial charge in [0.25, 0.3) is 0 Å². The van der Waals surface area contributed by atoms with E-state index in [1.54, 1.807) is 13.0 Å². The fourth-order valence-corrected chi connectivity index (χ4v) is 3.95. The fraction of sp³-hybridized carbons (Fsp3) is 0.533. The Balaban J connectivity index is 2.16. The fourth-order valence-electron chi connectivity index (χ4n) is 2.87. The predicted molar refractivity (Wildman–Crippen MR) is 81.8 cm³/mol. The molecule has 0 spiro atoms. The molecule has 0 aromatic carbocycles. The first kappa shape index (κ1) is 13.6. The van der Waals surface area contributed by atoms with E-state index in [4.69, 9.17) is 4.42 Å². The Hall–Kier alpha value is -1.33. The summed E-state index contributed by atoms with van der Waals surface area (Å²) in [5, 5.41) is 9.91. The molecule has 0 radical (unpaired) electrons. The molecule has 1 N–H and O–H groups in total. The molecule has 2 aromatic rings. The van der Waals surface area contributed by atoms with Crippen LogP contribution in [0, 0.1) is 6.92 Å². The Morgan fingerprint density at radius 2 is 2.05 bits per heavy atom. The van der Waals surface area contributed by atoms with Gasteiger partial charge in [-0.15, -0.1) is 11.3 Å². The predicted octanol–water partition coefficient (Wildman–Crippen LogP) is 3.21. The summed E-state index contributed by atoms with van der Waals surface area (Å²) in [6.45, 7) is 5.49. The minimum Gasteiger partial charge on any atom is -0.439 e. The average molecular weight is 293 g/mol. The van der Waals surface area contributed by atoms with Gasteiger partial charge in [0.05, 0.1) is 6.10 Å². The number of piperidine rings is 1. The summed E-state index contributed by atoms with van der Waals surface area (Å²) in [5.74, 6) is 0.641. The summed E-state index contributed by atoms with van der Waals surface area (Å²) < 4.78 is 6.58. The summed E-state index contributed by atoms with van der Waals surface area (Å²) in [5.41, 5.74) is 1.31. The Bertz CT molecular complexity index is 680. The number of hydrogen-bond donors (Lipinski definition) is 1. The highest BCUT2D eigenvalue weighted by Gasteiger charge is 2.21. The third-order valence-electron chi connectivity index (χ3n) is 3.86. The number of aryl methyl sites for hydroxylation is 1. The molecule has 2 aromatic heterocycles. The highest BCUT2D eigenvalue weighted by Crippen LogP contribution is 2.35. The molecule has 0 aliphatic carbocycles. The van der Waals surface area contributed by atoms with E-state index in [9.17, 15) is 9.90 Å². The first-order valence-electron chi connectivity index (χ1n) is 7.08. The van der Waals surface area contributed by atoms with Crippen molar-refractivity contribution in [3.05, 3.63) is 26.7 Å². The van der Waals surface area contributed by atoms with Crippen molar-refractivity contribution in [2.24, 2.45) is 0 Å². The molecule has 5 heteroatoms. The van der Waals surface area contributed by atoms with Gasteiger partial charge in [-0.1, -0.05) is 0 Å². The van der Waals surface area contributed by atoms with E-state index in [2.05, 4.69) is 4.90 Å². The number of nitrogens with zero attached hydrogens (tertiary/aromatic N) is 1. The van der Waals surface area contributed by atoms with Crippen molar-refractivity contribution in [1.29, 1.82) is 0 Å². The summed E-state index contributed by atoms with van der Waals surface area (Å²) in [4.78, 5) is 15.4. The number of rotatable bonds is 2. The van der Waals surface area contributed by atoms with E-state index < -0.39 is 6.10 Å². The van der Waals surface area contributed by atoms with Crippen molar-refractivity contribution >= 4 is 27.5 Å². The molecule has 1 unspecified atom stereocenters. The van der Waals surface area contributed by atoms with Crippen LogP contribution in [0.3, 0.4) is 0 Å². The van der Waals surface area contributed by atoms with Gasteiger partial charge >= 0.3 is 0 Å². The molecule has 1 saturated heterocycles. The molecule has 0 bridgehead atoms. The maximum absolute atomic E-state index is 12.3. The van der Waals surface area contributed by atoms with Crippen molar-refractivity contribution in [2.45, 2.75) is 39.2 Å². The molecule has 1 fully saturated rings. The molecule has 1 aliphatic rings. The SMILES string of the molecule is Cc1sc2c(=O)cc(N3CCCCC3)oc2c1C(C)O. The monoisotopic (exact) mass is 293 g/mol. The number of aliphatic hydroxyl groups is 1. The van der Waals surface area contributed by atoms with Crippen LogP contribution < -0.4 is 10.3 Å². The van der Waals surface area contributed by atoms with Gasteiger partial charge < -0.3 is 14.4 Å². The van der Waals surface area contributed by atoms with Gasteiger partial charge in [-0.3, -0.25) is 4.79 Å². The smallest absolute Gasteiger partial charge is 0.204 e. The van der Waals surface area contributed by atoms with E-state index >= 15 is 0 Å². The van der Waals surface area contributed by atoms with Crippen LogP contribution >= 0.6 is 11.3 Å². The van der Waals surface area contributed by atoms with Crippen LogP contribution in [0.5, 0.6) is 0 Å². The first-order valence-corrected chi connectivity index (χ1v) is 7.89. The lowest BCUT2D eigenvalue weighted by Gasteiger charge is -2.27. The number of hydrogen-bond acceptors (Lipinski definition) is 5. The van der Waals surface area contributed by atoms with Crippen LogP contribution in [0.1, 0.15) is 42.7 Å². The van der Waals surface area contributed by atoms with Gasteiger partial charge in [0, 0.05) is 29.6 Å². The van der Waals surface area contributed by atoms with Gasteiger partial charge in [-0.2, -0.15) is 0 Å². The third kappa shape index (κ3) is 2.25. The van der Waals surface area contributed by atoms with Crippen LogP contribution in [0.25, 0.3) is 10.3 Å². The average Bonchev–Trinajstić information content (AvgIpc) is 2.76. The number of fused-ring (bicyclic) bond motifs is 1. The molecule has 3 rings (SSSR count). The van der Waals surface area contributed by atoms with Crippen molar-refractivity contribution in [3.63, 3.8) is 0 Å². The molecule has 20 heavy (non-hydrogen) atoms. The zero-order valence-electron chi connectivity index (χ0n) is 11.8. The zero-order chi connectivity index (χ0) is 14.3. The Kier molecular flexibility index (Phi) is 3.56. The van der Waals surface area contributed by atoms with Crippen LogP contribution in [-0.2, 0) is 0 Å². The van der Waals surface area contributed by atoms with Crippen molar-refractivity contribution in [1.82, 2.24) is 0 Å². The third-order valence-corrected chi connectivity index (χ3v) is 4.97. The lowest BCUT2D eigenvalue weighted by Crippen LogP contribution is -2.30. The van der Waals surface area contributed by atoms with Crippen LogP contribution in [0.2, 0.25) is 0 Å². The zero-order valence-corrected chi connectivity index (χ0v) is 12.6. The summed E-state index contributed by atoms with van der Waals surface area (Å²) in [7, 11) is 0. The summed E-state index contributed by atoms with van der Waals surface area (Å²) >= 11 is 1.40. The van der Waals surface area contributed by atoms with E-state index in [1.165, 1.54) is 17.8 Å². The van der Waals surface area contributed by atoms with Crippen LogP contribution in [0.15, 0.2) is 15.3 Å². The summed E-state index contributed by atoms with van der Waals surface area (Å²) in [6.07, 6.45) is 2.88. The largest absolute Gasteiger partial charge is 0.439 e. The number of aliphatic hydroxyl groups excluding tert-OH is 1. The molecule has 3 heterocycles. The number of anilines is 1. The highest BCUT2D eigenvalue weighted by molar-refractivity contribution is 7.19. The molecule has 1 atom stereocenters. The Morgan fingerprint density at radius 3 is 2.70 bits per heavy atom. The molecule has 0 saturated carbocycles. The molecule has 1 aliphatic heterocycles. The number of thiophene rings is 1. The van der Waals surface area contributed by atoms with Crippen LogP contribution in [0.4, 0.5) is 5.88 Å². The van der Waals surface area contributed by atoms with Gasteiger partial charge in [-0.25, -0.2) is 0 Å². The van der Waals surface area contributed by atoms with Gasteiger partial charge in [0.1, 0.15) is 4.70 Å². The van der Waals surface area contributed by atoms with Gasteiger partial charge in [0.15, 0.2) is 11.5 Å². The lowest BCUT2D eigenvalue weighted by atomic mass is 10.1. The van der Waals surface area contributed by atoms with E-state index in [1.807, 2.05) is 6.92 Å². The Labute approximate surface area is 121 Å². The highest BCUT2D eigenvalue weighted by atomic mass is 32.1. The topological polar surface area (TPSA) is 53.7 Å². The maximum Gasteiger partial charge on any atom is 0.204 e. The van der Waals surface area contributed by atoms with Crippen molar-refractivity contribution in [2.75, 3.05) is 18.0 Å². The maximum atomic E-state index is 12.3. The van der Waals surface area contributed by atoms with Crippen molar-refractivity contribution in [3.8, 4) is 0 Å². The Morgan fingerprint density at radius 1 is 1.35 bits per heavy atom. The standard InChI is InChI=1S/C15H19NO3S/c1-9(17)13-10(2)20-15-11(18)8-12(19-14(13)15)16-6-4-3-5-7-16/h8-9,17H,3-7H2,1-2H3. The molecular weight excluding hydrogens is 274 g/mol. The van der Waals surface area contributed by atoms with E-state index in [-0.39, 0.29) is 5.43 Å². The quantitative estimate of drug-likeness (QED) is 0.924. The van der Waals surface area contributed by atoms with Crippen molar-refractivity contribution < 1.29 is 9.52 Å². The van der Waals surface area contributed by atoms with Crippen LogP contribution in [-0.4, -0.2) is 18.2 Å². The molecule has 4 nitrogen and oxygen atoms in total. The minimum atomic E-state index is -0.622. The van der Waals surface area contributed by atoms with E-state index in [0.29, 0.717) is 16.2 Å². The van der Waals surface area contributed by atoms with E-state index in [0.717, 1.165) is 36.4 Å². The minimum absolute atomic E-state index is 0.00757. The second kappa shape index (κ2) is 5.22. The van der Waals surface area contributed by atoms with Gasteiger partial charge in [-0.05, 0) is 33.1 Å². The first-order chi connectivity index (χ1) is 9.58. The van der Waals surface area contributed by atoms with Gasteiger partial charge in [0.2, 0.25) is 5.43 Å². The molecule has 108 valence electrons. The second-order valence-electron chi connectivity index (χ2n) is 5.40. The molecule has 0 amide bonds. The summed E-state index contributed by atoms with van der Waals surface area (Å²) in [6, 6.07) is 1.59. The molecular formula is C15H19NO3S. The second-order valence-corrected chi connectivity index (χ2v) is 6.63. The normalized spacial score (nSPS) is 17.6.